The molecule has 2 nitrogen and oxygen atoms in total. The van der Waals surface area contributed by atoms with E-state index in [1.54, 1.807) is 12.1 Å². The molecule has 20 heavy (non-hydrogen) atoms. The van der Waals surface area contributed by atoms with Crippen LogP contribution in [0.15, 0.2) is 18.2 Å². The van der Waals surface area contributed by atoms with Crippen molar-refractivity contribution in [2.24, 2.45) is 0 Å². The van der Waals surface area contributed by atoms with E-state index in [9.17, 15) is 9.18 Å². The van der Waals surface area contributed by atoms with Gasteiger partial charge < -0.3 is 4.74 Å². The molecular weight excluding hydrogens is 255 g/mol. The van der Waals surface area contributed by atoms with E-state index >= 15 is 0 Å². The highest BCUT2D eigenvalue weighted by molar-refractivity contribution is 5.98. The molecule has 0 aliphatic carbocycles. The number of benzene rings is 1. The Balaban J connectivity index is 2.36. The maximum atomic E-state index is 13.7. The average molecular weight is 280 g/mol. The van der Waals surface area contributed by atoms with Crippen molar-refractivity contribution in [3.63, 3.8) is 0 Å². The third-order valence-corrected chi connectivity index (χ3v) is 3.48. The van der Waals surface area contributed by atoms with E-state index in [1.165, 1.54) is 38.9 Å². The number of methoxy groups -OCH3 is 1. The van der Waals surface area contributed by atoms with Crippen LogP contribution in [-0.2, 0) is 0 Å². The van der Waals surface area contributed by atoms with Crippen LogP contribution in [0.1, 0.15) is 68.6 Å². The summed E-state index contributed by atoms with van der Waals surface area (Å²) in [7, 11) is 1.46. The molecule has 0 radical (unpaired) electrons. The number of ether oxygens (including phenoxy) is 1. The van der Waals surface area contributed by atoms with Gasteiger partial charge in [0.1, 0.15) is 11.6 Å². The minimum atomic E-state index is -0.489. The fourth-order valence-corrected chi connectivity index (χ4v) is 2.31. The Bertz CT molecular complexity index is 415. The Kier molecular flexibility index (Phi) is 7.93. The summed E-state index contributed by atoms with van der Waals surface area (Å²) in [4.78, 5) is 12.1. The topological polar surface area (TPSA) is 26.3 Å². The van der Waals surface area contributed by atoms with Crippen LogP contribution in [-0.4, -0.2) is 12.9 Å². The van der Waals surface area contributed by atoms with E-state index in [-0.39, 0.29) is 11.3 Å². The lowest BCUT2D eigenvalue weighted by Gasteiger charge is -2.08. The highest BCUT2D eigenvalue weighted by Gasteiger charge is 2.16. The average Bonchev–Trinajstić information content (AvgIpc) is 2.45. The summed E-state index contributed by atoms with van der Waals surface area (Å²) in [6.45, 7) is 2.19. The first kappa shape index (κ1) is 16.7. The molecule has 0 N–H and O–H groups in total. The Hall–Kier alpha value is -1.38. The van der Waals surface area contributed by atoms with Gasteiger partial charge in [0, 0.05) is 6.42 Å². The van der Waals surface area contributed by atoms with Crippen molar-refractivity contribution in [2.45, 2.75) is 58.3 Å². The van der Waals surface area contributed by atoms with Crippen LogP contribution < -0.4 is 4.74 Å². The molecule has 0 heterocycles. The molecule has 0 saturated heterocycles. The number of rotatable bonds is 10. The first-order chi connectivity index (χ1) is 9.70. The van der Waals surface area contributed by atoms with E-state index < -0.39 is 5.82 Å². The van der Waals surface area contributed by atoms with Gasteiger partial charge in [-0.25, -0.2) is 4.39 Å². The fraction of sp³-hybridized carbons (Fsp3) is 0.588. The molecule has 112 valence electrons. The zero-order valence-electron chi connectivity index (χ0n) is 12.6. The highest BCUT2D eigenvalue weighted by atomic mass is 19.1. The Morgan fingerprint density at radius 3 is 2.40 bits per heavy atom. The highest BCUT2D eigenvalue weighted by Crippen LogP contribution is 2.23. The van der Waals surface area contributed by atoms with Crippen LogP contribution in [0.25, 0.3) is 0 Å². The lowest BCUT2D eigenvalue weighted by Crippen LogP contribution is -2.05. The van der Waals surface area contributed by atoms with Crippen LogP contribution in [0.4, 0.5) is 4.39 Å². The van der Waals surface area contributed by atoms with Crippen LogP contribution in [0.3, 0.4) is 0 Å². The lowest BCUT2D eigenvalue weighted by molar-refractivity contribution is 0.0972. The maximum Gasteiger partial charge on any atom is 0.169 e. The number of Topliss-reactive ketones (excluding diaryl/α,β-unsaturated/α-hetero) is 1. The quantitative estimate of drug-likeness (QED) is 0.437. The van der Waals surface area contributed by atoms with Crippen molar-refractivity contribution in [1.29, 1.82) is 0 Å². The van der Waals surface area contributed by atoms with Gasteiger partial charge in [0.05, 0.1) is 12.7 Å². The molecule has 0 saturated carbocycles. The summed E-state index contributed by atoms with van der Waals surface area (Å²) >= 11 is 0. The van der Waals surface area contributed by atoms with E-state index in [0.717, 1.165) is 19.3 Å². The molecule has 0 atom stereocenters. The summed E-state index contributed by atoms with van der Waals surface area (Å²) in [6.07, 6.45) is 8.43. The van der Waals surface area contributed by atoms with Crippen LogP contribution in [0, 0.1) is 5.82 Å². The van der Waals surface area contributed by atoms with Crippen molar-refractivity contribution < 1.29 is 13.9 Å². The van der Waals surface area contributed by atoms with Crippen molar-refractivity contribution in [2.75, 3.05) is 7.11 Å². The minimum absolute atomic E-state index is 0.0981. The zero-order chi connectivity index (χ0) is 14.8. The normalized spacial score (nSPS) is 10.6. The number of carbonyl (C=O) groups excluding carboxylic acids is 1. The summed E-state index contributed by atoms with van der Waals surface area (Å²) in [5, 5.41) is 0. The molecule has 0 bridgehead atoms. The first-order valence-electron chi connectivity index (χ1n) is 7.56. The molecule has 1 aromatic carbocycles. The second-order valence-corrected chi connectivity index (χ2v) is 5.11. The smallest absolute Gasteiger partial charge is 0.169 e. The van der Waals surface area contributed by atoms with Gasteiger partial charge in [0.15, 0.2) is 5.78 Å². The molecule has 0 aliphatic heterocycles. The number of carbonyl (C=O) groups is 1. The van der Waals surface area contributed by atoms with Crippen molar-refractivity contribution >= 4 is 5.78 Å². The predicted molar refractivity (Wildman–Crippen MR) is 79.9 cm³/mol. The van der Waals surface area contributed by atoms with Crippen molar-refractivity contribution in [3.8, 4) is 5.75 Å². The standard InChI is InChI=1S/C17H25FO2/c1-3-4-5-6-7-8-9-12-15(19)17-14(18)11-10-13-16(17)20-2/h10-11,13H,3-9,12H2,1-2H3. The maximum absolute atomic E-state index is 13.7. The molecular formula is C17H25FO2. The lowest BCUT2D eigenvalue weighted by atomic mass is 10.0. The molecule has 0 fully saturated rings. The molecule has 0 aromatic heterocycles. The summed E-state index contributed by atoms with van der Waals surface area (Å²) in [5.74, 6) is -0.316. The molecule has 0 aliphatic rings. The second-order valence-electron chi connectivity index (χ2n) is 5.11. The van der Waals surface area contributed by atoms with E-state index in [1.807, 2.05) is 0 Å². The van der Waals surface area contributed by atoms with Gasteiger partial charge in [0.25, 0.3) is 0 Å². The van der Waals surface area contributed by atoms with Gasteiger partial charge in [0.2, 0.25) is 0 Å². The molecule has 0 amide bonds. The largest absolute Gasteiger partial charge is 0.496 e. The Morgan fingerprint density at radius 1 is 1.10 bits per heavy atom. The first-order valence-corrected chi connectivity index (χ1v) is 7.56. The van der Waals surface area contributed by atoms with Gasteiger partial charge in [-0.05, 0) is 18.6 Å². The van der Waals surface area contributed by atoms with Crippen molar-refractivity contribution in [3.05, 3.63) is 29.6 Å². The molecule has 0 unspecified atom stereocenters. The second kappa shape index (κ2) is 9.51. The number of hydrogen-bond donors (Lipinski definition) is 0. The Morgan fingerprint density at radius 2 is 1.75 bits per heavy atom. The zero-order valence-corrected chi connectivity index (χ0v) is 12.6. The van der Waals surface area contributed by atoms with Crippen molar-refractivity contribution in [1.82, 2.24) is 0 Å². The van der Waals surface area contributed by atoms with Gasteiger partial charge in [-0.2, -0.15) is 0 Å². The van der Waals surface area contributed by atoms with Crippen LogP contribution >= 0.6 is 0 Å². The summed E-state index contributed by atoms with van der Waals surface area (Å²) < 4.78 is 18.8. The van der Waals surface area contributed by atoms with Gasteiger partial charge in [-0.1, -0.05) is 51.5 Å². The fourth-order valence-electron chi connectivity index (χ4n) is 2.31. The predicted octanol–water partition coefficient (Wildman–Crippen LogP) is 5.16. The monoisotopic (exact) mass is 280 g/mol. The molecule has 1 rings (SSSR count). The third-order valence-electron chi connectivity index (χ3n) is 3.48. The van der Waals surface area contributed by atoms with Gasteiger partial charge in [-0.15, -0.1) is 0 Å². The number of ketones is 1. The van der Waals surface area contributed by atoms with Gasteiger partial charge >= 0.3 is 0 Å². The summed E-state index contributed by atoms with van der Waals surface area (Å²) in [6, 6.07) is 4.49. The number of hydrogen-bond acceptors (Lipinski definition) is 2. The van der Waals surface area contributed by atoms with E-state index in [0.29, 0.717) is 12.2 Å². The minimum Gasteiger partial charge on any atom is -0.496 e. The number of halogens is 1. The van der Waals surface area contributed by atoms with E-state index in [4.69, 9.17) is 4.74 Å². The summed E-state index contributed by atoms with van der Waals surface area (Å²) in [5.41, 5.74) is 0.0981. The third kappa shape index (κ3) is 5.32. The Labute approximate surface area is 121 Å². The van der Waals surface area contributed by atoms with E-state index in [2.05, 4.69) is 6.92 Å². The number of unbranched alkanes of at least 4 members (excludes halogenated alkanes) is 6. The SMILES string of the molecule is CCCCCCCCCC(=O)c1c(F)cccc1OC. The molecule has 1 aromatic rings. The molecule has 3 heteroatoms. The van der Waals surface area contributed by atoms with Crippen LogP contribution in [0.5, 0.6) is 5.75 Å². The molecule has 0 spiro atoms. The van der Waals surface area contributed by atoms with Gasteiger partial charge in [-0.3, -0.25) is 4.79 Å². The van der Waals surface area contributed by atoms with Crippen LogP contribution in [0.2, 0.25) is 0 Å².